The summed E-state index contributed by atoms with van der Waals surface area (Å²) >= 11 is 3.36. The average Bonchev–Trinajstić information content (AvgIpc) is 2.44. The Labute approximate surface area is 154 Å². The molecule has 0 spiro atoms. The summed E-state index contributed by atoms with van der Waals surface area (Å²) < 4.78 is 6.02. The summed E-state index contributed by atoms with van der Waals surface area (Å²) in [7, 11) is 0. The number of aryl methyl sites for hydroxylation is 1. The first-order valence-corrected chi connectivity index (χ1v) is 8.34. The molecule has 2 rings (SSSR count). The first kappa shape index (κ1) is 18.7. The second-order valence-corrected chi connectivity index (χ2v) is 7.41. The molecule has 0 aliphatic carbocycles. The molecule has 2 N–H and O–H groups in total. The Morgan fingerprint density at radius 3 is 2.56 bits per heavy atom. The Kier molecular flexibility index (Phi) is 5.33. The Morgan fingerprint density at radius 2 is 1.96 bits per heavy atom. The SMILES string of the molecule is Cc1cc(-c2ccc(Br)cc2NC(=O)OC(C)(C)C)c(C#N)c(=O)[nH]1. The van der Waals surface area contributed by atoms with Crippen molar-refractivity contribution in [2.24, 2.45) is 0 Å². The van der Waals surface area contributed by atoms with E-state index in [-0.39, 0.29) is 5.56 Å². The van der Waals surface area contributed by atoms with E-state index in [0.717, 1.165) is 4.47 Å². The first-order valence-electron chi connectivity index (χ1n) is 7.54. The fraction of sp³-hybridized carbons (Fsp3) is 0.278. The Morgan fingerprint density at radius 1 is 1.28 bits per heavy atom. The molecule has 0 unspecified atom stereocenters. The Balaban J connectivity index is 2.56. The van der Waals surface area contributed by atoms with E-state index in [4.69, 9.17) is 4.74 Å². The minimum Gasteiger partial charge on any atom is -0.444 e. The number of pyridine rings is 1. The van der Waals surface area contributed by atoms with Gasteiger partial charge >= 0.3 is 6.09 Å². The van der Waals surface area contributed by atoms with Gasteiger partial charge in [0.2, 0.25) is 0 Å². The van der Waals surface area contributed by atoms with Crippen LogP contribution in [0.2, 0.25) is 0 Å². The van der Waals surface area contributed by atoms with Gasteiger partial charge in [-0.2, -0.15) is 5.26 Å². The highest BCUT2D eigenvalue weighted by molar-refractivity contribution is 9.10. The van der Waals surface area contributed by atoms with E-state index in [1.54, 1.807) is 52.0 Å². The number of aromatic nitrogens is 1. The van der Waals surface area contributed by atoms with Crippen LogP contribution in [0, 0.1) is 18.3 Å². The van der Waals surface area contributed by atoms with E-state index in [0.29, 0.717) is 22.5 Å². The van der Waals surface area contributed by atoms with Crippen molar-refractivity contribution in [2.45, 2.75) is 33.3 Å². The number of nitrogens with one attached hydrogen (secondary N) is 2. The van der Waals surface area contributed by atoms with Gasteiger partial charge in [-0.15, -0.1) is 0 Å². The summed E-state index contributed by atoms with van der Waals surface area (Å²) in [5.74, 6) is 0. The maximum atomic E-state index is 12.1. The number of nitriles is 1. The number of ether oxygens (including phenoxy) is 1. The molecular weight excluding hydrogens is 386 g/mol. The number of amides is 1. The number of H-pyrrole nitrogens is 1. The molecule has 0 aliphatic rings. The smallest absolute Gasteiger partial charge is 0.412 e. The topological polar surface area (TPSA) is 95.0 Å². The van der Waals surface area contributed by atoms with Crippen LogP contribution in [-0.4, -0.2) is 16.7 Å². The van der Waals surface area contributed by atoms with Gasteiger partial charge in [-0.3, -0.25) is 10.1 Å². The Hall–Kier alpha value is -2.59. The predicted molar refractivity (Wildman–Crippen MR) is 99.5 cm³/mol. The average molecular weight is 404 g/mol. The molecule has 0 radical (unpaired) electrons. The summed E-state index contributed by atoms with van der Waals surface area (Å²) in [6.07, 6.45) is -0.619. The maximum Gasteiger partial charge on any atom is 0.412 e. The lowest BCUT2D eigenvalue weighted by Gasteiger charge is -2.20. The number of benzene rings is 1. The molecule has 1 heterocycles. The van der Waals surface area contributed by atoms with Crippen molar-refractivity contribution in [3.8, 4) is 17.2 Å². The van der Waals surface area contributed by atoms with Crippen molar-refractivity contribution < 1.29 is 9.53 Å². The molecule has 0 saturated heterocycles. The normalized spacial score (nSPS) is 10.9. The van der Waals surface area contributed by atoms with Gasteiger partial charge in [-0.05, 0) is 45.9 Å². The van der Waals surface area contributed by atoms with Crippen LogP contribution in [0.1, 0.15) is 32.0 Å². The number of carbonyl (C=O) groups is 1. The summed E-state index contributed by atoms with van der Waals surface area (Å²) in [6.45, 7) is 7.03. The molecule has 0 saturated carbocycles. The number of rotatable bonds is 2. The highest BCUT2D eigenvalue weighted by Gasteiger charge is 2.19. The lowest BCUT2D eigenvalue weighted by Crippen LogP contribution is -2.27. The zero-order valence-corrected chi connectivity index (χ0v) is 15.9. The number of carbonyl (C=O) groups excluding carboxylic acids is 1. The van der Waals surface area contributed by atoms with Crippen LogP contribution in [0.25, 0.3) is 11.1 Å². The van der Waals surface area contributed by atoms with Crippen LogP contribution < -0.4 is 10.9 Å². The van der Waals surface area contributed by atoms with E-state index < -0.39 is 17.3 Å². The van der Waals surface area contributed by atoms with Crippen LogP contribution in [0.15, 0.2) is 33.5 Å². The number of hydrogen-bond acceptors (Lipinski definition) is 4. The molecule has 0 bridgehead atoms. The van der Waals surface area contributed by atoms with Crippen molar-refractivity contribution in [1.29, 1.82) is 5.26 Å². The summed E-state index contributed by atoms with van der Waals surface area (Å²) in [4.78, 5) is 26.8. The molecule has 0 fully saturated rings. The molecule has 1 aromatic heterocycles. The standard InChI is InChI=1S/C18H18BrN3O3/c1-10-7-13(14(9-20)16(23)21-10)12-6-5-11(19)8-15(12)22-17(24)25-18(2,3)4/h5-8H,1-4H3,(H,21,23)(H,22,24). The van der Waals surface area contributed by atoms with Crippen LogP contribution in [0.4, 0.5) is 10.5 Å². The molecule has 2 aromatic rings. The lowest BCUT2D eigenvalue weighted by molar-refractivity contribution is 0.0636. The van der Waals surface area contributed by atoms with Crippen molar-refractivity contribution in [3.63, 3.8) is 0 Å². The molecule has 1 aromatic carbocycles. The lowest BCUT2D eigenvalue weighted by atomic mass is 9.99. The summed E-state index contributed by atoms with van der Waals surface area (Å²) in [5.41, 5.74) is 0.926. The van der Waals surface area contributed by atoms with E-state index in [1.807, 2.05) is 6.07 Å². The minimum atomic E-state index is -0.644. The van der Waals surface area contributed by atoms with E-state index in [2.05, 4.69) is 26.2 Å². The largest absolute Gasteiger partial charge is 0.444 e. The van der Waals surface area contributed by atoms with Gasteiger partial charge in [-0.25, -0.2) is 4.79 Å². The summed E-state index contributed by atoms with van der Waals surface area (Å²) in [5, 5.41) is 12.0. The predicted octanol–water partition coefficient (Wildman–Crippen LogP) is 4.33. The third-order valence-corrected chi connectivity index (χ3v) is 3.68. The highest BCUT2D eigenvalue weighted by atomic mass is 79.9. The zero-order chi connectivity index (χ0) is 18.8. The van der Waals surface area contributed by atoms with Gasteiger partial charge in [0.25, 0.3) is 5.56 Å². The fourth-order valence-corrected chi connectivity index (χ4v) is 2.64. The van der Waals surface area contributed by atoms with Gasteiger partial charge in [0.1, 0.15) is 17.2 Å². The second-order valence-electron chi connectivity index (χ2n) is 6.50. The molecule has 0 atom stereocenters. The molecular formula is C18H18BrN3O3. The quantitative estimate of drug-likeness (QED) is 0.779. The monoisotopic (exact) mass is 403 g/mol. The van der Waals surface area contributed by atoms with Crippen LogP contribution >= 0.6 is 15.9 Å². The van der Waals surface area contributed by atoms with Gasteiger partial charge < -0.3 is 9.72 Å². The van der Waals surface area contributed by atoms with Gasteiger partial charge in [-0.1, -0.05) is 22.0 Å². The number of hydrogen-bond donors (Lipinski definition) is 2. The van der Waals surface area contributed by atoms with Crippen LogP contribution in [0.3, 0.4) is 0 Å². The van der Waals surface area contributed by atoms with Gasteiger partial charge in [0.15, 0.2) is 0 Å². The zero-order valence-electron chi connectivity index (χ0n) is 14.4. The number of nitrogens with zero attached hydrogens (tertiary/aromatic N) is 1. The molecule has 130 valence electrons. The Bertz CT molecular complexity index is 921. The summed E-state index contributed by atoms with van der Waals surface area (Å²) in [6, 6.07) is 8.81. The van der Waals surface area contributed by atoms with Crippen molar-refractivity contribution in [2.75, 3.05) is 5.32 Å². The minimum absolute atomic E-state index is 0.0137. The fourth-order valence-electron chi connectivity index (χ4n) is 2.28. The number of aromatic amines is 1. The van der Waals surface area contributed by atoms with E-state index >= 15 is 0 Å². The molecule has 1 amide bonds. The number of halogens is 1. The van der Waals surface area contributed by atoms with Gasteiger partial charge in [0.05, 0.1) is 5.69 Å². The van der Waals surface area contributed by atoms with Crippen molar-refractivity contribution >= 4 is 27.7 Å². The van der Waals surface area contributed by atoms with Crippen molar-refractivity contribution in [1.82, 2.24) is 4.98 Å². The number of anilines is 1. The maximum absolute atomic E-state index is 12.1. The van der Waals surface area contributed by atoms with Crippen LogP contribution in [-0.2, 0) is 4.74 Å². The van der Waals surface area contributed by atoms with Crippen molar-refractivity contribution in [3.05, 3.63) is 50.3 Å². The first-order chi connectivity index (χ1) is 11.6. The van der Waals surface area contributed by atoms with Gasteiger partial charge in [0, 0.05) is 21.3 Å². The second kappa shape index (κ2) is 7.11. The van der Waals surface area contributed by atoms with E-state index in [9.17, 15) is 14.9 Å². The molecule has 25 heavy (non-hydrogen) atoms. The molecule has 6 nitrogen and oxygen atoms in total. The third kappa shape index (κ3) is 4.70. The van der Waals surface area contributed by atoms with E-state index in [1.165, 1.54) is 0 Å². The van der Waals surface area contributed by atoms with Crippen LogP contribution in [0.5, 0.6) is 0 Å². The molecule has 0 aliphatic heterocycles. The highest BCUT2D eigenvalue weighted by Crippen LogP contribution is 2.32. The molecule has 7 heteroatoms. The third-order valence-electron chi connectivity index (χ3n) is 3.19.